The zero-order valence-electron chi connectivity index (χ0n) is 13.4. The number of rotatable bonds is 6. The third kappa shape index (κ3) is 3.01. The first-order valence-corrected chi connectivity index (χ1v) is 8.47. The molecule has 1 atom stereocenters. The highest BCUT2D eigenvalue weighted by Gasteiger charge is 2.41. The average Bonchev–Trinajstić information content (AvgIpc) is 3.02. The lowest BCUT2D eigenvalue weighted by Gasteiger charge is -2.35. The van der Waals surface area contributed by atoms with Gasteiger partial charge in [0.2, 0.25) is 0 Å². The van der Waals surface area contributed by atoms with Crippen LogP contribution in [-0.4, -0.2) is 21.3 Å². The van der Waals surface area contributed by atoms with Crippen LogP contribution in [0.4, 0.5) is 0 Å². The molecule has 0 saturated heterocycles. The predicted molar refractivity (Wildman–Crippen MR) is 89.0 cm³/mol. The van der Waals surface area contributed by atoms with Crippen LogP contribution in [0.3, 0.4) is 0 Å². The Morgan fingerprint density at radius 1 is 1.05 bits per heavy atom. The van der Waals surface area contributed by atoms with Crippen LogP contribution >= 0.6 is 15.9 Å². The molecule has 1 aromatic rings. The van der Waals surface area contributed by atoms with Crippen LogP contribution in [0, 0.1) is 5.41 Å². The molecule has 1 unspecified atom stereocenters. The highest BCUT2D eigenvalue weighted by atomic mass is 79.9. The first-order valence-electron chi connectivity index (χ1n) is 7.56. The second kappa shape index (κ2) is 6.91. The van der Waals surface area contributed by atoms with Gasteiger partial charge in [0.15, 0.2) is 0 Å². The fourth-order valence-corrected chi connectivity index (χ4v) is 4.69. The number of methoxy groups -OCH3 is 3. The van der Waals surface area contributed by atoms with Gasteiger partial charge in [-0.05, 0) is 24.7 Å². The standard InChI is InChI=1S/C17H25BrO3/c1-5-17(8-6-7-9-17)16(18)15-13(20-3)10-12(19-2)11-14(15)21-4/h10-11,16H,5-9H2,1-4H3. The van der Waals surface area contributed by atoms with Crippen molar-refractivity contribution in [2.24, 2.45) is 5.41 Å². The van der Waals surface area contributed by atoms with Crippen LogP contribution in [0.2, 0.25) is 0 Å². The maximum Gasteiger partial charge on any atom is 0.130 e. The van der Waals surface area contributed by atoms with Crippen LogP contribution in [0.25, 0.3) is 0 Å². The van der Waals surface area contributed by atoms with Crippen molar-refractivity contribution in [1.29, 1.82) is 0 Å². The van der Waals surface area contributed by atoms with E-state index in [0.717, 1.165) is 29.2 Å². The Morgan fingerprint density at radius 3 is 1.95 bits per heavy atom. The molecule has 0 radical (unpaired) electrons. The number of benzene rings is 1. The zero-order valence-corrected chi connectivity index (χ0v) is 15.0. The van der Waals surface area contributed by atoms with Crippen LogP contribution in [0.15, 0.2) is 12.1 Å². The van der Waals surface area contributed by atoms with Crippen molar-refractivity contribution < 1.29 is 14.2 Å². The molecule has 1 fully saturated rings. The molecular weight excluding hydrogens is 332 g/mol. The highest BCUT2D eigenvalue weighted by Crippen LogP contribution is 2.57. The van der Waals surface area contributed by atoms with Crippen molar-refractivity contribution in [3.8, 4) is 17.2 Å². The Morgan fingerprint density at radius 2 is 1.57 bits per heavy atom. The monoisotopic (exact) mass is 356 g/mol. The summed E-state index contributed by atoms with van der Waals surface area (Å²) in [4.78, 5) is 0.230. The molecule has 0 heterocycles. The number of hydrogen-bond donors (Lipinski definition) is 0. The largest absolute Gasteiger partial charge is 0.496 e. The smallest absolute Gasteiger partial charge is 0.130 e. The van der Waals surface area contributed by atoms with Crippen LogP contribution in [0.1, 0.15) is 49.4 Å². The summed E-state index contributed by atoms with van der Waals surface area (Å²) < 4.78 is 16.6. The minimum atomic E-state index is 0.230. The number of hydrogen-bond acceptors (Lipinski definition) is 3. The molecule has 1 aromatic carbocycles. The minimum Gasteiger partial charge on any atom is -0.496 e. The van der Waals surface area contributed by atoms with Crippen molar-refractivity contribution in [3.05, 3.63) is 17.7 Å². The summed E-state index contributed by atoms with van der Waals surface area (Å²) in [7, 11) is 5.05. The molecule has 1 aliphatic carbocycles. The lowest BCUT2D eigenvalue weighted by atomic mass is 9.77. The van der Waals surface area contributed by atoms with Gasteiger partial charge >= 0.3 is 0 Å². The van der Waals surface area contributed by atoms with Crippen molar-refractivity contribution in [1.82, 2.24) is 0 Å². The Balaban J connectivity index is 2.50. The summed E-state index contributed by atoms with van der Waals surface area (Å²) in [5, 5.41) is 0. The lowest BCUT2D eigenvalue weighted by Crippen LogP contribution is -2.22. The molecule has 1 saturated carbocycles. The number of halogens is 1. The number of alkyl halides is 1. The molecule has 3 nitrogen and oxygen atoms in total. The SMILES string of the molecule is CCC1(C(Br)c2c(OC)cc(OC)cc2OC)CCCC1. The Bertz CT molecular complexity index is 456. The first kappa shape index (κ1) is 16.5. The van der Waals surface area contributed by atoms with E-state index in [4.69, 9.17) is 14.2 Å². The van der Waals surface area contributed by atoms with Crippen molar-refractivity contribution in [2.75, 3.05) is 21.3 Å². The van der Waals surface area contributed by atoms with Gasteiger partial charge in [-0.3, -0.25) is 0 Å². The van der Waals surface area contributed by atoms with Crippen LogP contribution in [0.5, 0.6) is 17.2 Å². The molecule has 0 N–H and O–H groups in total. The summed E-state index contributed by atoms with van der Waals surface area (Å²) in [5.41, 5.74) is 1.39. The highest BCUT2D eigenvalue weighted by molar-refractivity contribution is 9.09. The van der Waals surface area contributed by atoms with Gasteiger partial charge in [0, 0.05) is 12.1 Å². The molecule has 0 amide bonds. The van der Waals surface area contributed by atoms with Crippen LogP contribution in [-0.2, 0) is 0 Å². The van der Waals surface area contributed by atoms with Gasteiger partial charge in [0.1, 0.15) is 17.2 Å². The van der Waals surface area contributed by atoms with Gasteiger partial charge in [-0.15, -0.1) is 0 Å². The fraction of sp³-hybridized carbons (Fsp3) is 0.647. The molecule has 0 bridgehead atoms. The van der Waals surface area contributed by atoms with Gasteiger partial charge < -0.3 is 14.2 Å². The zero-order chi connectivity index (χ0) is 15.5. The van der Waals surface area contributed by atoms with E-state index >= 15 is 0 Å². The molecule has 0 aromatic heterocycles. The average molecular weight is 357 g/mol. The van der Waals surface area contributed by atoms with E-state index in [-0.39, 0.29) is 10.2 Å². The summed E-state index contributed by atoms with van der Waals surface area (Å²) >= 11 is 3.96. The quantitative estimate of drug-likeness (QED) is 0.662. The van der Waals surface area contributed by atoms with E-state index in [1.165, 1.54) is 25.7 Å². The first-order chi connectivity index (χ1) is 10.1. The fourth-order valence-electron chi connectivity index (χ4n) is 3.45. The van der Waals surface area contributed by atoms with Crippen molar-refractivity contribution in [2.45, 2.75) is 43.9 Å². The molecule has 0 spiro atoms. The molecule has 0 aliphatic heterocycles. The second-order valence-corrected chi connectivity index (χ2v) is 6.65. The second-order valence-electron chi connectivity index (χ2n) is 5.73. The van der Waals surface area contributed by atoms with E-state index in [1.807, 2.05) is 12.1 Å². The lowest BCUT2D eigenvalue weighted by molar-refractivity contribution is 0.268. The summed E-state index contributed by atoms with van der Waals surface area (Å²) in [6, 6.07) is 3.87. The Labute approximate surface area is 136 Å². The summed E-state index contributed by atoms with van der Waals surface area (Å²) in [6.07, 6.45) is 6.25. The van der Waals surface area contributed by atoms with Crippen molar-refractivity contribution >= 4 is 15.9 Å². The van der Waals surface area contributed by atoms with E-state index in [1.54, 1.807) is 21.3 Å². The maximum absolute atomic E-state index is 5.61. The molecule has 4 heteroatoms. The van der Waals surface area contributed by atoms with E-state index in [9.17, 15) is 0 Å². The van der Waals surface area contributed by atoms with Gasteiger partial charge in [-0.2, -0.15) is 0 Å². The predicted octanol–water partition coefficient (Wildman–Crippen LogP) is 5.12. The molecular formula is C17H25BrO3. The van der Waals surface area contributed by atoms with E-state index in [2.05, 4.69) is 22.9 Å². The third-order valence-electron chi connectivity index (χ3n) is 4.85. The summed E-state index contributed by atoms with van der Waals surface area (Å²) in [6.45, 7) is 2.28. The minimum absolute atomic E-state index is 0.230. The normalized spacial score (nSPS) is 18.3. The van der Waals surface area contributed by atoms with Crippen molar-refractivity contribution in [3.63, 3.8) is 0 Å². The van der Waals surface area contributed by atoms with Gasteiger partial charge in [-0.1, -0.05) is 35.7 Å². The third-order valence-corrected chi connectivity index (χ3v) is 6.28. The molecule has 2 rings (SSSR count). The van der Waals surface area contributed by atoms with E-state index < -0.39 is 0 Å². The van der Waals surface area contributed by atoms with Gasteiger partial charge in [0.05, 0.1) is 31.7 Å². The van der Waals surface area contributed by atoms with E-state index in [0.29, 0.717) is 0 Å². The van der Waals surface area contributed by atoms with Crippen LogP contribution < -0.4 is 14.2 Å². The maximum atomic E-state index is 5.61. The van der Waals surface area contributed by atoms with Gasteiger partial charge in [-0.25, -0.2) is 0 Å². The topological polar surface area (TPSA) is 27.7 Å². The Kier molecular flexibility index (Phi) is 5.42. The Hall–Kier alpha value is -0.900. The molecule has 21 heavy (non-hydrogen) atoms. The molecule has 1 aliphatic rings. The number of ether oxygens (including phenoxy) is 3. The molecule has 118 valence electrons. The van der Waals surface area contributed by atoms with Gasteiger partial charge in [0.25, 0.3) is 0 Å². The summed E-state index contributed by atoms with van der Waals surface area (Å²) in [5.74, 6) is 2.41.